The summed E-state index contributed by atoms with van der Waals surface area (Å²) in [6.07, 6.45) is 0.356. The molecule has 0 bridgehead atoms. The van der Waals surface area contributed by atoms with Gasteiger partial charge in [-0.2, -0.15) is 0 Å². The van der Waals surface area contributed by atoms with Crippen LogP contribution in [0.1, 0.15) is 25.3 Å². The Morgan fingerprint density at radius 1 is 1.37 bits per heavy atom. The first-order valence-electron chi connectivity index (χ1n) is 6.24. The Bertz CT molecular complexity index is 552. The highest BCUT2D eigenvalue weighted by molar-refractivity contribution is 6.15. The fourth-order valence-electron chi connectivity index (χ4n) is 2.03. The van der Waals surface area contributed by atoms with Gasteiger partial charge in [-0.25, -0.2) is 0 Å². The van der Waals surface area contributed by atoms with Gasteiger partial charge in [-0.1, -0.05) is 13.0 Å². The fourth-order valence-corrected chi connectivity index (χ4v) is 2.03. The zero-order valence-corrected chi connectivity index (χ0v) is 11.0. The molecular formula is C14H16N2O3. The fraction of sp³-hybridized carbons (Fsp3) is 0.357. The first-order chi connectivity index (χ1) is 9.01. The van der Waals surface area contributed by atoms with Gasteiger partial charge < -0.3 is 10.2 Å². The van der Waals surface area contributed by atoms with Crippen LogP contribution in [0.5, 0.6) is 0 Å². The van der Waals surface area contributed by atoms with E-state index in [1.165, 1.54) is 4.90 Å². The largest absolute Gasteiger partial charge is 0.326 e. The first-order valence-corrected chi connectivity index (χ1v) is 6.24. The van der Waals surface area contributed by atoms with Gasteiger partial charge >= 0.3 is 0 Å². The Hall–Kier alpha value is -2.17. The molecule has 0 aliphatic carbocycles. The summed E-state index contributed by atoms with van der Waals surface area (Å²) >= 11 is 0. The summed E-state index contributed by atoms with van der Waals surface area (Å²) in [5, 5.41) is 2.75. The van der Waals surface area contributed by atoms with Gasteiger partial charge in [0.25, 0.3) is 0 Å². The van der Waals surface area contributed by atoms with Crippen LogP contribution in [0.4, 0.5) is 11.4 Å². The Labute approximate surface area is 111 Å². The van der Waals surface area contributed by atoms with Gasteiger partial charge in [0, 0.05) is 17.8 Å². The average Bonchev–Trinajstić information content (AvgIpc) is 2.70. The number of nitrogens with one attached hydrogen (secondary N) is 1. The van der Waals surface area contributed by atoms with Crippen molar-refractivity contribution in [3.05, 3.63) is 23.8 Å². The van der Waals surface area contributed by atoms with Crippen molar-refractivity contribution in [1.29, 1.82) is 0 Å². The summed E-state index contributed by atoms with van der Waals surface area (Å²) in [6, 6.07) is 5.35. The quantitative estimate of drug-likeness (QED) is 0.840. The van der Waals surface area contributed by atoms with E-state index in [9.17, 15) is 14.4 Å². The van der Waals surface area contributed by atoms with Crippen molar-refractivity contribution in [2.45, 2.75) is 26.7 Å². The van der Waals surface area contributed by atoms with Crippen molar-refractivity contribution >= 4 is 29.0 Å². The molecule has 1 aromatic carbocycles. The molecule has 5 heteroatoms. The number of carbonyl (C=O) groups is 3. The molecule has 1 heterocycles. The zero-order valence-electron chi connectivity index (χ0n) is 11.0. The number of hydrogen-bond acceptors (Lipinski definition) is 3. The lowest BCUT2D eigenvalue weighted by Crippen LogP contribution is -2.25. The molecule has 2 amide bonds. The van der Waals surface area contributed by atoms with E-state index in [4.69, 9.17) is 0 Å². The normalized spacial score (nSPS) is 14.9. The van der Waals surface area contributed by atoms with Gasteiger partial charge in [0.05, 0.1) is 13.0 Å². The molecule has 0 spiro atoms. The summed E-state index contributed by atoms with van der Waals surface area (Å²) < 4.78 is 0. The molecule has 2 rings (SSSR count). The second kappa shape index (κ2) is 5.22. The van der Waals surface area contributed by atoms with Crippen LogP contribution < -0.4 is 10.2 Å². The molecule has 1 aromatic rings. The second-order valence-corrected chi connectivity index (χ2v) is 4.60. The molecule has 1 aliphatic heterocycles. The lowest BCUT2D eigenvalue weighted by Gasteiger charge is -2.18. The molecule has 0 atom stereocenters. The number of benzene rings is 1. The van der Waals surface area contributed by atoms with Gasteiger partial charge in [-0.15, -0.1) is 0 Å². The topological polar surface area (TPSA) is 66.5 Å². The number of carbonyl (C=O) groups excluding carboxylic acids is 3. The molecule has 1 fully saturated rings. The minimum Gasteiger partial charge on any atom is -0.326 e. The summed E-state index contributed by atoms with van der Waals surface area (Å²) in [7, 11) is 0. The zero-order chi connectivity index (χ0) is 14.0. The highest BCUT2D eigenvalue weighted by Crippen LogP contribution is 2.27. The van der Waals surface area contributed by atoms with Crippen molar-refractivity contribution in [2.24, 2.45) is 0 Å². The second-order valence-electron chi connectivity index (χ2n) is 4.60. The molecule has 1 saturated heterocycles. The van der Waals surface area contributed by atoms with E-state index in [0.717, 1.165) is 5.56 Å². The highest BCUT2D eigenvalue weighted by atomic mass is 16.2. The molecule has 5 nitrogen and oxygen atoms in total. The van der Waals surface area contributed by atoms with Crippen LogP contribution in [0.15, 0.2) is 18.2 Å². The summed E-state index contributed by atoms with van der Waals surface area (Å²) in [5.41, 5.74) is 2.22. The third-order valence-electron chi connectivity index (χ3n) is 3.09. The van der Waals surface area contributed by atoms with E-state index >= 15 is 0 Å². The maximum Gasteiger partial charge on any atom is 0.234 e. The molecule has 0 radical (unpaired) electrons. The number of rotatable bonds is 3. The Morgan fingerprint density at radius 2 is 2.11 bits per heavy atom. The lowest BCUT2D eigenvalue weighted by molar-refractivity contribution is -0.121. The van der Waals surface area contributed by atoms with Crippen molar-refractivity contribution in [2.75, 3.05) is 16.8 Å². The predicted molar refractivity (Wildman–Crippen MR) is 72.1 cm³/mol. The van der Waals surface area contributed by atoms with Gasteiger partial charge in [0.1, 0.15) is 0 Å². The number of nitrogens with zero attached hydrogens (tertiary/aromatic N) is 1. The number of ketones is 1. The molecule has 100 valence electrons. The molecule has 0 aromatic heterocycles. The predicted octanol–water partition coefficient (Wildman–Crippen LogP) is 1.65. The minimum absolute atomic E-state index is 0.0367. The smallest absolute Gasteiger partial charge is 0.234 e. The van der Waals surface area contributed by atoms with E-state index in [0.29, 0.717) is 17.8 Å². The summed E-state index contributed by atoms with van der Waals surface area (Å²) in [4.78, 5) is 35.9. The third kappa shape index (κ3) is 2.81. The van der Waals surface area contributed by atoms with Gasteiger partial charge in [-0.3, -0.25) is 14.4 Å². The van der Waals surface area contributed by atoms with Crippen molar-refractivity contribution in [3.63, 3.8) is 0 Å². The van der Waals surface area contributed by atoms with Crippen LogP contribution in [0, 0.1) is 6.92 Å². The highest BCUT2D eigenvalue weighted by Gasteiger charge is 2.29. The number of anilines is 2. The molecule has 0 saturated carbocycles. The van der Waals surface area contributed by atoms with Gasteiger partial charge in [0.15, 0.2) is 5.78 Å². The monoisotopic (exact) mass is 260 g/mol. The molecule has 1 N–H and O–H groups in total. The van der Waals surface area contributed by atoms with Gasteiger partial charge in [-0.05, 0) is 24.6 Å². The Balaban J connectivity index is 2.29. The SMILES string of the molecule is CCC(=O)Nc1ccc(C)c(N2CC(=O)CC2=O)c1. The van der Waals surface area contributed by atoms with Crippen molar-refractivity contribution < 1.29 is 14.4 Å². The van der Waals surface area contributed by atoms with Crippen LogP contribution >= 0.6 is 0 Å². The molecular weight excluding hydrogens is 244 g/mol. The van der Waals surface area contributed by atoms with Crippen LogP contribution in [0.3, 0.4) is 0 Å². The van der Waals surface area contributed by atoms with Crippen LogP contribution in [-0.4, -0.2) is 24.1 Å². The van der Waals surface area contributed by atoms with Gasteiger partial charge in [0.2, 0.25) is 11.8 Å². The van der Waals surface area contributed by atoms with Crippen molar-refractivity contribution in [3.8, 4) is 0 Å². The van der Waals surface area contributed by atoms with Crippen molar-refractivity contribution in [1.82, 2.24) is 0 Å². The summed E-state index contributed by atoms with van der Waals surface area (Å²) in [5.74, 6) is -0.349. The van der Waals surface area contributed by atoms with E-state index in [1.807, 2.05) is 13.0 Å². The minimum atomic E-state index is -0.188. The molecule has 19 heavy (non-hydrogen) atoms. The molecule has 0 unspecified atom stereocenters. The van der Waals surface area contributed by atoms with E-state index in [2.05, 4.69) is 5.32 Å². The number of hydrogen-bond donors (Lipinski definition) is 1. The average molecular weight is 260 g/mol. The van der Waals surface area contributed by atoms with Crippen LogP contribution in [0.2, 0.25) is 0 Å². The van der Waals surface area contributed by atoms with E-state index in [1.54, 1.807) is 19.1 Å². The number of aryl methyl sites for hydroxylation is 1. The maximum atomic E-state index is 11.7. The third-order valence-corrected chi connectivity index (χ3v) is 3.09. The van der Waals surface area contributed by atoms with E-state index in [-0.39, 0.29) is 30.6 Å². The Morgan fingerprint density at radius 3 is 2.68 bits per heavy atom. The van der Waals surface area contributed by atoms with E-state index < -0.39 is 0 Å². The standard InChI is InChI=1S/C14H16N2O3/c1-3-13(18)15-10-5-4-9(2)12(6-10)16-8-11(17)7-14(16)19/h4-6H,3,7-8H2,1-2H3,(H,15,18). The lowest BCUT2D eigenvalue weighted by atomic mass is 10.1. The maximum absolute atomic E-state index is 11.7. The first kappa shape index (κ1) is 13.3. The Kier molecular flexibility index (Phi) is 3.64. The molecule has 1 aliphatic rings. The summed E-state index contributed by atoms with van der Waals surface area (Å²) in [6.45, 7) is 3.76. The van der Waals surface area contributed by atoms with Crippen LogP contribution in [0.25, 0.3) is 0 Å². The van der Waals surface area contributed by atoms with Crippen LogP contribution in [-0.2, 0) is 14.4 Å². The number of amides is 2. The number of Topliss-reactive ketones (excluding diaryl/α,β-unsaturated/α-hetero) is 1.